The van der Waals surface area contributed by atoms with Gasteiger partial charge in [0.1, 0.15) is 0 Å². The maximum atomic E-state index is 12.2. The molecule has 2 N–H and O–H groups in total. The van der Waals surface area contributed by atoms with E-state index in [1.165, 1.54) is 30.2 Å². The van der Waals surface area contributed by atoms with Gasteiger partial charge in [-0.3, -0.25) is 4.79 Å². The molecular formula is C18H27N3OS. The van der Waals surface area contributed by atoms with E-state index in [0.29, 0.717) is 0 Å². The first-order valence-electron chi connectivity index (χ1n) is 8.72. The highest BCUT2D eigenvalue weighted by Gasteiger charge is 2.20. The number of amides is 1. The van der Waals surface area contributed by atoms with E-state index < -0.39 is 0 Å². The van der Waals surface area contributed by atoms with Crippen LogP contribution in [0.15, 0.2) is 24.3 Å². The van der Waals surface area contributed by atoms with E-state index in [1.54, 1.807) is 0 Å². The number of hydrogen-bond donors (Lipinski definition) is 2. The van der Waals surface area contributed by atoms with Gasteiger partial charge in [-0.05, 0) is 43.5 Å². The molecule has 0 radical (unpaired) electrons. The third-order valence-electron chi connectivity index (χ3n) is 4.71. The van der Waals surface area contributed by atoms with Crippen molar-refractivity contribution in [2.24, 2.45) is 5.92 Å². The van der Waals surface area contributed by atoms with E-state index >= 15 is 0 Å². The van der Waals surface area contributed by atoms with Gasteiger partial charge in [-0.2, -0.15) is 11.8 Å². The summed E-state index contributed by atoms with van der Waals surface area (Å²) >= 11 is 2.05. The number of carbonyl (C=O) groups is 1. The summed E-state index contributed by atoms with van der Waals surface area (Å²) in [4.78, 5) is 14.8. The average Bonchev–Trinajstić information content (AvgIpc) is 2.63. The molecule has 0 aromatic heterocycles. The summed E-state index contributed by atoms with van der Waals surface area (Å²) in [6, 6.07) is 8.37. The number of nitrogens with one attached hydrogen (secondary N) is 2. The lowest BCUT2D eigenvalue weighted by atomic mass is 9.99. The molecule has 2 heterocycles. The average molecular weight is 334 g/mol. The molecule has 1 aromatic carbocycles. The number of piperidine rings is 1. The Morgan fingerprint density at radius 1 is 1.26 bits per heavy atom. The lowest BCUT2D eigenvalue weighted by Gasteiger charge is -2.26. The fourth-order valence-electron chi connectivity index (χ4n) is 3.19. The van der Waals surface area contributed by atoms with Crippen molar-refractivity contribution in [1.82, 2.24) is 10.2 Å². The first-order chi connectivity index (χ1) is 11.3. The second-order valence-corrected chi connectivity index (χ2v) is 7.66. The van der Waals surface area contributed by atoms with Crippen LogP contribution in [-0.2, 0) is 11.2 Å². The van der Waals surface area contributed by atoms with Crippen molar-refractivity contribution in [1.29, 1.82) is 0 Å². The molecule has 1 unspecified atom stereocenters. The number of nitrogens with zero attached hydrogens (tertiary/aromatic N) is 1. The van der Waals surface area contributed by atoms with Gasteiger partial charge in [0.05, 0.1) is 5.92 Å². The van der Waals surface area contributed by atoms with E-state index in [0.717, 1.165) is 44.6 Å². The minimum Gasteiger partial charge on any atom is -0.326 e. The van der Waals surface area contributed by atoms with E-state index in [4.69, 9.17) is 0 Å². The van der Waals surface area contributed by atoms with Crippen molar-refractivity contribution in [3.8, 4) is 0 Å². The highest BCUT2D eigenvalue weighted by Crippen LogP contribution is 2.16. The third-order valence-corrected chi connectivity index (χ3v) is 5.65. The maximum absolute atomic E-state index is 12.2. The minimum atomic E-state index is 0.111. The van der Waals surface area contributed by atoms with Gasteiger partial charge in [-0.1, -0.05) is 12.1 Å². The Morgan fingerprint density at radius 2 is 2.04 bits per heavy atom. The van der Waals surface area contributed by atoms with E-state index in [2.05, 4.69) is 39.4 Å². The number of benzene rings is 1. The Morgan fingerprint density at radius 3 is 2.74 bits per heavy atom. The van der Waals surface area contributed by atoms with Crippen LogP contribution < -0.4 is 10.6 Å². The van der Waals surface area contributed by atoms with Crippen LogP contribution in [0, 0.1) is 5.92 Å². The number of thioether (sulfide) groups is 1. The van der Waals surface area contributed by atoms with Gasteiger partial charge in [-0.25, -0.2) is 0 Å². The van der Waals surface area contributed by atoms with Crippen LogP contribution in [0.5, 0.6) is 0 Å². The number of hydrogen-bond acceptors (Lipinski definition) is 4. The zero-order chi connectivity index (χ0) is 15.9. The standard InChI is InChI=1S/C18H27N3OS/c22-18(16-2-1-8-19-14-16)20-17-5-3-15(4-6-17)7-9-21-10-12-23-13-11-21/h3-6,16,19H,1-2,7-14H2,(H,20,22). The molecule has 1 amide bonds. The van der Waals surface area contributed by atoms with E-state index in [9.17, 15) is 4.79 Å². The molecule has 3 rings (SSSR count). The molecule has 0 saturated carbocycles. The van der Waals surface area contributed by atoms with Crippen LogP contribution in [0.4, 0.5) is 5.69 Å². The smallest absolute Gasteiger partial charge is 0.228 e. The number of anilines is 1. The molecule has 23 heavy (non-hydrogen) atoms. The molecule has 5 heteroatoms. The molecule has 1 aromatic rings. The van der Waals surface area contributed by atoms with Crippen LogP contribution in [0.3, 0.4) is 0 Å². The zero-order valence-corrected chi connectivity index (χ0v) is 14.5. The van der Waals surface area contributed by atoms with Crippen LogP contribution in [-0.4, -0.2) is 55.0 Å². The Labute approximate surface area is 143 Å². The second kappa shape index (κ2) is 8.71. The first-order valence-corrected chi connectivity index (χ1v) is 9.87. The van der Waals surface area contributed by atoms with Crippen molar-refractivity contribution in [2.45, 2.75) is 19.3 Å². The summed E-state index contributed by atoms with van der Waals surface area (Å²) in [5.41, 5.74) is 2.26. The van der Waals surface area contributed by atoms with Gasteiger partial charge in [0, 0.05) is 43.4 Å². The zero-order valence-electron chi connectivity index (χ0n) is 13.7. The number of rotatable bonds is 5. The van der Waals surface area contributed by atoms with E-state index in [1.807, 2.05) is 12.1 Å². The molecule has 0 spiro atoms. The molecule has 1 atom stereocenters. The Hall–Kier alpha value is -1.04. The third kappa shape index (κ3) is 5.23. The van der Waals surface area contributed by atoms with Gasteiger partial charge < -0.3 is 15.5 Å². The van der Waals surface area contributed by atoms with Crippen LogP contribution >= 0.6 is 11.8 Å². The van der Waals surface area contributed by atoms with Gasteiger partial charge in [0.25, 0.3) is 0 Å². The van der Waals surface area contributed by atoms with Crippen LogP contribution in [0.25, 0.3) is 0 Å². The maximum Gasteiger partial charge on any atom is 0.228 e. The summed E-state index contributed by atoms with van der Waals surface area (Å²) in [5, 5.41) is 6.34. The molecule has 0 aliphatic carbocycles. The summed E-state index contributed by atoms with van der Waals surface area (Å²) in [6.07, 6.45) is 3.17. The lowest BCUT2D eigenvalue weighted by molar-refractivity contribution is -0.120. The van der Waals surface area contributed by atoms with Gasteiger partial charge in [-0.15, -0.1) is 0 Å². The molecular weight excluding hydrogens is 306 g/mol. The highest BCUT2D eigenvalue weighted by molar-refractivity contribution is 7.99. The van der Waals surface area contributed by atoms with Crippen molar-refractivity contribution in [3.63, 3.8) is 0 Å². The minimum absolute atomic E-state index is 0.111. The van der Waals surface area contributed by atoms with Crippen molar-refractivity contribution in [3.05, 3.63) is 29.8 Å². The van der Waals surface area contributed by atoms with Gasteiger partial charge in [0.15, 0.2) is 0 Å². The Kier molecular flexibility index (Phi) is 6.37. The molecule has 2 fully saturated rings. The van der Waals surface area contributed by atoms with Gasteiger partial charge >= 0.3 is 0 Å². The van der Waals surface area contributed by atoms with Crippen molar-refractivity contribution >= 4 is 23.4 Å². The number of carbonyl (C=O) groups excluding carboxylic acids is 1. The summed E-state index contributed by atoms with van der Waals surface area (Å²) < 4.78 is 0. The first kappa shape index (κ1) is 16.8. The van der Waals surface area contributed by atoms with Gasteiger partial charge in [0.2, 0.25) is 5.91 Å². The predicted octanol–water partition coefficient (Wildman–Crippen LogP) is 2.22. The molecule has 2 saturated heterocycles. The normalized spacial score (nSPS) is 22.7. The van der Waals surface area contributed by atoms with Crippen LogP contribution in [0.2, 0.25) is 0 Å². The second-order valence-electron chi connectivity index (χ2n) is 6.43. The largest absolute Gasteiger partial charge is 0.326 e. The van der Waals surface area contributed by atoms with Crippen LogP contribution in [0.1, 0.15) is 18.4 Å². The predicted molar refractivity (Wildman–Crippen MR) is 98.1 cm³/mol. The molecule has 4 nitrogen and oxygen atoms in total. The Bertz CT molecular complexity index is 493. The lowest BCUT2D eigenvalue weighted by Crippen LogP contribution is -2.37. The molecule has 2 aliphatic rings. The van der Waals surface area contributed by atoms with E-state index in [-0.39, 0.29) is 11.8 Å². The highest BCUT2D eigenvalue weighted by atomic mass is 32.2. The van der Waals surface area contributed by atoms with Crippen molar-refractivity contribution in [2.75, 3.05) is 49.5 Å². The summed E-state index contributed by atoms with van der Waals surface area (Å²) in [7, 11) is 0. The fraction of sp³-hybridized carbons (Fsp3) is 0.611. The monoisotopic (exact) mass is 333 g/mol. The molecule has 0 bridgehead atoms. The SMILES string of the molecule is O=C(Nc1ccc(CCN2CCSCC2)cc1)C1CCCNC1. The molecule has 2 aliphatic heterocycles. The molecule has 126 valence electrons. The summed E-state index contributed by atoms with van der Waals surface area (Å²) in [5.74, 6) is 2.79. The Balaban J connectivity index is 1.45. The topological polar surface area (TPSA) is 44.4 Å². The quantitative estimate of drug-likeness (QED) is 0.867. The fourth-order valence-corrected chi connectivity index (χ4v) is 4.17. The van der Waals surface area contributed by atoms with Crippen molar-refractivity contribution < 1.29 is 4.79 Å². The summed E-state index contributed by atoms with van der Waals surface area (Å²) in [6.45, 7) is 5.41.